The quantitative estimate of drug-likeness (QED) is 0.725. The van der Waals surface area contributed by atoms with Crippen molar-refractivity contribution >= 4 is 11.9 Å². The second kappa shape index (κ2) is 8.29. The maximum absolute atomic E-state index is 12.2. The number of carbonyl (C=O) groups excluding carboxylic acids is 2. The fourth-order valence-electron chi connectivity index (χ4n) is 1.76. The summed E-state index contributed by atoms with van der Waals surface area (Å²) < 4.78 is 10.4. The molecular weight excluding hydrogens is 270 g/mol. The Morgan fingerprint density at radius 1 is 1.19 bits per heavy atom. The van der Waals surface area contributed by atoms with Crippen LogP contribution in [0.2, 0.25) is 0 Å². The molecule has 0 unspecified atom stereocenters. The van der Waals surface area contributed by atoms with Gasteiger partial charge in [-0.2, -0.15) is 0 Å². The molecule has 0 atom stereocenters. The highest BCUT2D eigenvalue weighted by molar-refractivity contribution is 5.94. The van der Waals surface area contributed by atoms with Gasteiger partial charge in [0.25, 0.3) is 5.91 Å². The first kappa shape index (κ1) is 17.0. The molecule has 21 heavy (non-hydrogen) atoms. The molecule has 0 aliphatic rings. The second-order valence-corrected chi connectivity index (χ2v) is 4.97. The van der Waals surface area contributed by atoms with Crippen LogP contribution in [0.25, 0.3) is 0 Å². The number of esters is 1. The van der Waals surface area contributed by atoms with E-state index in [9.17, 15) is 9.59 Å². The van der Waals surface area contributed by atoms with Crippen molar-refractivity contribution < 1.29 is 19.1 Å². The van der Waals surface area contributed by atoms with E-state index >= 15 is 0 Å². The van der Waals surface area contributed by atoms with Crippen LogP contribution in [0.15, 0.2) is 24.3 Å². The second-order valence-electron chi connectivity index (χ2n) is 4.97. The van der Waals surface area contributed by atoms with Crippen molar-refractivity contribution in [3.05, 3.63) is 29.8 Å². The van der Waals surface area contributed by atoms with Gasteiger partial charge in [-0.15, -0.1) is 0 Å². The molecule has 0 radical (unpaired) electrons. The van der Waals surface area contributed by atoms with Crippen LogP contribution in [-0.4, -0.2) is 43.1 Å². The number of rotatable bonds is 7. The zero-order valence-electron chi connectivity index (χ0n) is 13.1. The summed E-state index contributed by atoms with van der Waals surface area (Å²) in [5, 5.41) is 0. The minimum atomic E-state index is -0.294. The molecular formula is C16H23NO4. The van der Waals surface area contributed by atoms with E-state index in [-0.39, 0.29) is 24.4 Å². The Morgan fingerprint density at radius 2 is 1.81 bits per heavy atom. The lowest BCUT2D eigenvalue weighted by atomic mass is 10.2. The van der Waals surface area contributed by atoms with Gasteiger partial charge in [-0.3, -0.25) is 9.59 Å². The van der Waals surface area contributed by atoms with Gasteiger partial charge in [-0.25, -0.2) is 0 Å². The number of carbonyl (C=O) groups is 2. The van der Waals surface area contributed by atoms with Crippen molar-refractivity contribution in [1.82, 2.24) is 4.90 Å². The van der Waals surface area contributed by atoms with Gasteiger partial charge < -0.3 is 14.4 Å². The summed E-state index contributed by atoms with van der Waals surface area (Å²) in [6, 6.07) is 6.99. The molecule has 1 amide bonds. The Balaban J connectivity index is 2.55. The topological polar surface area (TPSA) is 55.8 Å². The monoisotopic (exact) mass is 293 g/mol. The predicted molar refractivity (Wildman–Crippen MR) is 80.4 cm³/mol. The Kier molecular flexibility index (Phi) is 6.72. The highest BCUT2D eigenvalue weighted by Gasteiger charge is 2.13. The maximum Gasteiger partial charge on any atom is 0.307 e. The van der Waals surface area contributed by atoms with Crippen molar-refractivity contribution in [2.75, 3.05) is 20.2 Å². The Morgan fingerprint density at radius 3 is 2.33 bits per heavy atom. The summed E-state index contributed by atoms with van der Waals surface area (Å²) in [7, 11) is 1.67. The minimum Gasteiger partial charge on any atom is -0.491 e. The zero-order chi connectivity index (χ0) is 15.8. The standard InChI is InChI=1S/C16H23NO4/c1-5-20-15(18)10-11-17(4)16(19)13-6-8-14(9-7-13)21-12(2)3/h6-9,12H,5,10-11H2,1-4H3. The molecule has 0 aliphatic heterocycles. The van der Waals surface area contributed by atoms with E-state index in [1.54, 1.807) is 38.2 Å². The van der Waals surface area contributed by atoms with Crippen LogP contribution < -0.4 is 4.74 Å². The summed E-state index contributed by atoms with van der Waals surface area (Å²) in [5.41, 5.74) is 0.567. The third-order valence-electron chi connectivity index (χ3n) is 2.78. The third-order valence-corrected chi connectivity index (χ3v) is 2.78. The SMILES string of the molecule is CCOC(=O)CCN(C)C(=O)c1ccc(OC(C)C)cc1. The van der Waals surface area contributed by atoms with Gasteiger partial charge in [0.1, 0.15) is 5.75 Å². The summed E-state index contributed by atoms with van der Waals surface area (Å²) in [6.07, 6.45) is 0.295. The lowest BCUT2D eigenvalue weighted by molar-refractivity contribution is -0.143. The summed E-state index contributed by atoms with van der Waals surface area (Å²) in [5.74, 6) is 0.309. The average molecular weight is 293 g/mol. The lowest BCUT2D eigenvalue weighted by Gasteiger charge is -2.17. The number of ether oxygens (including phenoxy) is 2. The van der Waals surface area contributed by atoms with Gasteiger partial charge in [0.2, 0.25) is 0 Å². The molecule has 0 aromatic heterocycles. The van der Waals surface area contributed by atoms with Gasteiger partial charge >= 0.3 is 5.97 Å². The van der Waals surface area contributed by atoms with Crippen LogP contribution in [0.5, 0.6) is 5.75 Å². The van der Waals surface area contributed by atoms with E-state index in [0.717, 1.165) is 5.75 Å². The van der Waals surface area contributed by atoms with E-state index in [4.69, 9.17) is 9.47 Å². The molecule has 1 aromatic carbocycles. The van der Waals surface area contributed by atoms with Gasteiger partial charge in [-0.05, 0) is 45.0 Å². The molecule has 116 valence electrons. The molecule has 5 nitrogen and oxygen atoms in total. The van der Waals surface area contributed by atoms with E-state index in [0.29, 0.717) is 18.7 Å². The van der Waals surface area contributed by atoms with E-state index in [2.05, 4.69) is 0 Å². The van der Waals surface area contributed by atoms with Crippen molar-refractivity contribution in [3.63, 3.8) is 0 Å². The number of nitrogens with zero attached hydrogens (tertiary/aromatic N) is 1. The Hall–Kier alpha value is -2.04. The largest absolute Gasteiger partial charge is 0.491 e. The average Bonchev–Trinajstić information content (AvgIpc) is 2.44. The van der Waals surface area contributed by atoms with Crippen molar-refractivity contribution in [3.8, 4) is 5.75 Å². The van der Waals surface area contributed by atoms with Gasteiger partial charge in [0, 0.05) is 19.2 Å². The molecule has 0 spiro atoms. The third kappa shape index (κ3) is 5.85. The first-order valence-electron chi connectivity index (χ1n) is 7.11. The fourth-order valence-corrected chi connectivity index (χ4v) is 1.76. The van der Waals surface area contributed by atoms with E-state index < -0.39 is 0 Å². The van der Waals surface area contributed by atoms with Crippen molar-refractivity contribution in [2.45, 2.75) is 33.3 Å². The molecule has 0 bridgehead atoms. The Labute approximate surface area is 125 Å². The van der Waals surface area contributed by atoms with Crippen LogP contribution in [0.4, 0.5) is 0 Å². The highest BCUT2D eigenvalue weighted by Crippen LogP contribution is 2.15. The Bertz CT molecular complexity index is 468. The van der Waals surface area contributed by atoms with Gasteiger partial charge in [0.05, 0.1) is 19.1 Å². The molecule has 0 saturated carbocycles. The molecule has 0 aliphatic carbocycles. The smallest absolute Gasteiger partial charge is 0.307 e. The van der Waals surface area contributed by atoms with Crippen LogP contribution >= 0.6 is 0 Å². The molecule has 0 heterocycles. The molecule has 0 fully saturated rings. The molecule has 5 heteroatoms. The minimum absolute atomic E-state index is 0.0961. The summed E-state index contributed by atoms with van der Waals surface area (Å²) in [4.78, 5) is 25.0. The number of hydrogen-bond donors (Lipinski definition) is 0. The van der Waals surface area contributed by atoms with Crippen molar-refractivity contribution in [2.24, 2.45) is 0 Å². The van der Waals surface area contributed by atoms with Crippen LogP contribution in [-0.2, 0) is 9.53 Å². The number of amides is 1. The first-order chi connectivity index (χ1) is 9.93. The fraction of sp³-hybridized carbons (Fsp3) is 0.500. The molecule has 0 N–H and O–H groups in total. The predicted octanol–water partition coefficient (Wildman–Crippen LogP) is 2.50. The zero-order valence-corrected chi connectivity index (χ0v) is 13.1. The van der Waals surface area contributed by atoms with Crippen LogP contribution in [0.1, 0.15) is 37.6 Å². The van der Waals surface area contributed by atoms with E-state index in [1.807, 2.05) is 13.8 Å². The normalized spacial score (nSPS) is 10.3. The maximum atomic E-state index is 12.2. The highest BCUT2D eigenvalue weighted by atomic mass is 16.5. The van der Waals surface area contributed by atoms with Crippen LogP contribution in [0.3, 0.4) is 0 Å². The molecule has 1 rings (SSSR count). The lowest BCUT2D eigenvalue weighted by Crippen LogP contribution is -2.29. The number of benzene rings is 1. The van der Waals surface area contributed by atoms with Gasteiger partial charge in [-0.1, -0.05) is 0 Å². The van der Waals surface area contributed by atoms with Gasteiger partial charge in [0.15, 0.2) is 0 Å². The van der Waals surface area contributed by atoms with Crippen molar-refractivity contribution in [1.29, 1.82) is 0 Å². The first-order valence-corrected chi connectivity index (χ1v) is 7.11. The summed E-state index contributed by atoms with van der Waals surface area (Å²) >= 11 is 0. The number of hydrogen-bond acceptors (Lipinski definition) is 4. The molecule has 0 saturated heterocycles. The molecule has 1 aromatic rings. The van der Waals surface area contributed by atoms with E-state index in [1.165, 1.54) is 4.90 Å². The summed E-state index contributed by atoms with van der Waals surface area (Å²) in [6.45, 7) is 6.34. The van der Waals surface area contributed by atoms with Crippen LogP contribution in [0, 0.1) is 0 Å².